The van der Waals surface area contributed by atoms with Gasteiger partial charge in [0, 0.05) is 19.6 Å². The van der Waals surface area contributed by atoms with Crippen LogP contribution in [0.2, 0.25) is 0 Å². The molecule has 1 aromatic carbocycles. The zero-order valence-corrected chi connectivity index (χ0v) is 14.7. The normalized spacial score (nSPS) is 17.3. The van der Waals surface area contributed by atoms with Crippen molar-refractivity contribution in [2.24, 2.45) is 5.73 Å². The summed E-state index contributed by atoms with van der Waals surface area (Å²) in [5, 5.41) is 2.85. The van der Waals surface area contributed by atoms with Gasteiger partial charge in [-0.25, -0.2) is 4.39 Å². The third-order valence-electron chi connectivity index (χ3n) is 3.62. The van der Waals surface area contributed by atoms with Crippen LogP contribution in [0.4, 0.5) is 4.39 Å². The third kappa shape index (κ3) is 6.61. The number of carbonyl (C=O) groups excluding carboxylic acids is 1. The van der Waals surface area contributed by atoms with Crippen molar-refractivity contribution in [3.63, 3.8) is 0 Å². The number of rotatable bonds is 5. The van der Waals surface area contributed by atoms with Gasteiger partial charge in [0.05, 0.1) is 25.3 Å². The van der Waals surface area contributed by atoms with Gasteiger partial charge in [-0.2, -0.15) is 0 Å². The van der Waals surface area contributed by atoms with Crippen LogP contribution in [0.25, 0.3) is 0 Å². The number of benzene rings is 1. The maximum atomic E-state index is 13.1. The van der Waals surface area contributed by atoms with Crippen LogP contribution in [0.1, 0.15) is 18.5 Å². The topological polar surface area (TPSA) is 67.6 Å². The quantitative estimate of drug-likeness (QED) is 0.827. The third-order valence-corrected chi connectivity index (χ3v) is 3.62. The average molecular weight is 368 g/mol. The zero-order valence-electron chi connectivity index (χ0n) is 13.0. The number of hydrogen-bond acceptors (Lipinski definition) is 4. The van der Waals surface area contributed by atoms with Gasteiger partial charge in [-0.15, -0.1) is 24.8 Å². The van der Waals surface area contributed by atoms with Crippen molar-refractivity contribution >= 4 is 30.7 Å². The molecule has 3 N–H and O–H groups in total. The first kappa shape index (κ1) is 22.1. The highest BCUT2D eigenvalue weighted by Gasteiger charge is 2.23. The van der Waals surface area contributed by atoms with Crippen molar-refractivity contribution in [3.05, 3.63) is 35.6 Å². The van der Waals surface area contributed by atoms with E-state index in [1.807, 2.05) is 0 Å². The number of hydrogen-bond donors (Lipinski definition) is 2. The van der Waals surface area contributed by atoms with Crippen molar-refractivity contribution in [2.45, 2.75) is 19.0 Å². The van der Waals surface area contributed by atoms with Gasteiger partial charge in [0.25, 0.3) is 0 Å². The zero-order chi connectivity index (χ0) is 15.2. The highest BCUT2D eigenvalue weighted by atomic mass is 35.5. The largest absolute Gasteiger partial charge is 0.379 e. The molecule has 8 heteroatoms. The Kier molecular flexibility index (Phi) is 10.3. The van der Waals surface area contributed by atoms with Crippen LogP contribution in [0.3, 0.4) is 0 Å². The molecular weight excluding hydrogens is 344 g/mol. The fourth-order valence-corrected chi connectivity index (χ4v) is 2.39. The molecule has 0 saturated carbocycles. The number of amides is 1. The minimum atomic E-state index is -0.538. The van der Waals surface area contributed by atoms with Crippen LogP contribution in [-0.2, 0) is 9.53 Å². The molecule has 132 valence electrons. The van der Waals surface area contributed by atoms with Gasteiger partial charge in [-0.3, -0.25) is 9.69 Å². The summed E-state index contributed by atoms with van der Waals surface area (Å²) >= 11 is 0. The second-order valence-corrected chi connectivity index (χ2v) is 5.25. The molecule has 0 aliphatic carbocycles. The van der Waals surface area contributed by atoms with Crippen molar-refractivity contribution in [1.29, 1.82) is 0 Å². The van der Waals surface area contributed by atoms with E-state index < -0.39 is 6.04 Å². The monoisotopic (exact) mass is 367 g/mol. The summed E-state index contributed by atoms with van der Waals surface area (Å²) in [5.41, 5.74) is 6.54. The summed E-state index contributed by atoms with van der Waals surface area (Å²) in [7, 11) is 0. The van der Waals surface area contributed by atoms with E-state index in [1.165, 1.54) is 12.1 Å². The van der Waals surface area contributed by atoms with Gasteiger partial charge in [-0.05, 0) is 24.6 Å². The minimum absolute atomic E-state index is 0. The second kappa shape index (κ2) is 10.8. The maximum Gasteiger partial charge on any atom is 0.236 e. The molecule has 1 amide bonds. The fourth-order valence-electron chi connectivity index (χ4n) is 2.39. The lowest BCUT2D eigenvalue weighted by atomic mass is 10.0. The van der Waals surface area contributed by atoms with E-state index in [4.69, 9.17) is 10.5 Å². The van der Waals surface area contributed by atoms with E-state index in [0.29, 0.717) is 19.8 Å². The first-order valence-electron chi connectivity index (χ1n) is 7.18. The van der Waals surface area contributed by atoms with Gasteiger partial charge in [0.15, 0.2) is 0 Å². The van der Waals surface area contributed by atoms with Crippen LogP contribution in [0.15, 0.2) is 24.3 Å². The predicted molar refractivity (Wildman–Crippen MR) is 92.7 cm³/mol. The Morgan fingerprint density at radius 2 is 1.87 bits per heavy atom. The number of ether oxygens (including phenoxy) is 1. The van der Waals surface area contributed by atoms with Gasteiger partial charge < -0.3 is 15.8 Å². The van der Waals surface area contributed by atoms with Gasteiger partial charge in [0.1, 0.15) is 5.82 Å². The number of morpholine rings is 1. The van der Waals surface area contributed by atoms with Gasteiger partial charge in [-0.1, -0.05) is 12.1 Å². The molecule has 1 aliphatic rings. The summed E-state index contributed by atoms with van der Waals surface area (Å²) in [4.78, 5) is 13.9. The lowest BCUT2D eigenvalue weighted by molar-refractivity contribution is -0.122. The Bertz CT molecular complexity index is 468. The van der Waals surface area contributed by atoms with E-state index in [1.54, 1.807) is 19.1 Å². The van der Waals surface area contributed by atoms with E-state index in [9.17, 15) is 9.18 Å². The van der Waals surface area contributed by atoms with E-state index in [-0.39, 0.29) is 42.6 Å². The first-order valence-corrected chi connectivity index (χ1v) is 7.18. The van der Waals surface area contributed by atoms with Crippen molar-refractivity contribution < 1.29 is 13.9 Å². The molecule has 1 unspecified atom stereocenters. The summed E-state index contributed by atoms with van der Waals surface area (Å²) in [6.07, 6.45) is 0. The summed E-state index contributed by atoms with van der Waals surface area (Å²) in [6.45, 7) is 5.01. The Morgan fingerprint density at radius 3 is 2.39 bits per heavy atom. The number of nitrogens with two attached hydrogens (primary N) is 1. The van der Waals surface area contributed by atoms with Crippen LogP contribution in [0.5, 0.6) is 0 Å². The molecule has 1 fully saturated rings. The number of nitrogens with zero attached hydrogens (tertiary/aromatic N) is 1. The summed E-state index contributed by atoms with van der Waals surface area (Å²) in [5.74, 6) is -0.450. The highest BCUT2D eigenvalue weighted by molar-refractivity contribution is 5.85. The molecule has 1 heterocycles. The Morgan fingerprint density at radius 1 is 1.30 bits per heavy atom. The molecule has 0 radical (unpaired) electrons. The SMILES string of the molecule is C[C@@H](N)C(=O)NCC(c1ccc(F)cc1)N1CCOCC1.Cl.Cl. The fraction of sp³-hybridized carbons (Fsp3) is 0.533. The standard InChI is InChI=1S/C15H22FN3O2.2ClH/c1-11(17)15(20)18-10-14(19-6-8-21-9-7-19)12-2-4-13(16)5-3-12;;/h2-5,11,14H,6-10,17H2,1H3,(H,18,20);2*1H/t11-,14?;;/m1../s1. The number of carbonyl (C=O) groups is 1. The predicted octanol–water partition coefficient (Wildman–Crippen LogP) is 1.51. The Hall–Kier alpha value is -0.920. The van der Waals surface area contributed by atoms with Crippen LogP contribution in [0, 0.1) is 5.82 Å². The lowest BCUT2D eigenvalue weighted by Gasteiger charge is -2.35. The highest BCUT2D eigenvalue weighted by Crippen LogP contribution is 2.21. The smallest absolute Gasteiger partial charge is 0.236 e. The number of halogens is 3. The molecular formula is C15H24Cl2FN3O2. The van der Waals surface area contributed by atoms with Crippen molar-refractivity contribution in [3.8, 4) is 0 Å². The van der Waals surface area contributed by atoms with E-state index in [0.717, 1.165) is 18.7 Å². The summed E-state index contributed by atoms with van der Waals surface area (Å²) in [6, 6.07) is 5.86. The van der Waals surface area contributed by atoms with Crippen molar-refractivity contribution in [2.75, 3.05) is 32.8 Å². The van der Waals surface area contributed by atoms with Crippen LogP contribution < -0.4 is 11.1 Å². The number of nitrogens with one attached hydrogen (secondary N) is 1. The lowest BCUT2D eigenvalue weighted by Crippen LogP contribution is -2.46. The molecule has 1 aliphatic heterocycles. The molecule has 0 spiro atoms. The summed E-state index contributed by atoms with van der Waals surface area (Å²) < 4.78 is 18.5. The maximum absolute atomic E-state index is 13.1. The molecule has 0 aromatic heterocycles. The molecule has 2 rings (SSSR count). The van der Waals surface area contributed by atoms with Gasteiger partial charge in [0.2, 0.25) is 5.91 Å². The second-order valence-electron chi connectivity index (χ2n) is 5.25. The molecule has 1 aromatic rings. The van der Waals surface area contributed by atoms with Crippen molar-refractivity contribution in [1.82, 2.24) is 10.2 Å². The molecule has 23 heavy (non-hydrogen) atoms. The molecule has 0 bridgehead atoms. The molecule has 5 nitrogen and oxygen atoms in total. The Balaban J connectivity index is 0.00000242. The molecule has 1 saturated heterocycles. The van der Waals surface area contributed by atoms with E-state index in [2.05, 4.69) is 10.2 Å². The van der Waals surface area contributed by atoms with Crippen LogP contribution in [-0.4, -0.2) is 49.7 Å². The first-order chi connectivity index (χ1) is 10.1. The van der Waals surface area contributed by atoms with E-state index >= 15 is 0 Å². The molecule has 2 atom stereocenters. The Labute approximate surface area is 148 Å². The van der Waals surface area contributed by atoms with Crippen LogP contribution >= 0.6 is 24.8 Å². The average Bonchev–Trinajstić information content (AvgIpc) is 2.50. The van der Waals surface area contributed by atoms with Gasteiger partial charge >= 0.3 is 0 Å². The minimum Gasteiger partial charge on any atom is -0.379 e.